The summed E-state index contributed by atoms with van der Waals surface area (Å²) in [6, 6.07) is 6.34. The summed E-state index contributed by atoms with van der Waals surface area (Å²) in [5.41, 5.74) is 0.276. The molecule has 0 unspecified atom stereocenters. The Labute approximate surface area is 95.3 Å². The van der Waals surface area contributed by atoms with Crippen molar-refractivity contribution in [1.29, 1.82) is 0 Å². The Balaban J connectivity index is 2.45. The molecule has 0 radical (unpaired) electrons. The molecule has 16 heavy (non-hydrogen) atoms. The zero-order chi connectivity index (χ0) is 11.5. The minimum absolute atomic E-state index is 0.0460. The van der Waals surface area contributed by atoms with Gasteiger partial charge in [-0.2, -0.15) is 0 Å². The number of pyridine rings is 1. The van der Waals surface area contributed by atoms with Gasteiger partial charge < -0.3 is 5.11 Å². The van der Waals surface area contributed by atoms with Gasteiger partial charge in [0.1, 0.15) is 11.3 Å². The van der Waals surface area contributed by atoms with Crippen LogP contribution in [0, 0.1) is 5.82 Å². The molecule has 1 aromatic heterocycles. The SMILES string of the molecule is O=C(O)CSc1ccnc2c(F)cccc12. The van der Waals surface area contributed by atoms with E-state index in [9.17, 15) is 9.18 Å². The molecule has 82 valence electrons. The predicted octanol–water partition coefficient (Wildman–Crippen LogP) is 2.55. The van der Waals surface area contributed by atoms with Gasteiger partial charge in [-0.15, -0.1) is 11.8 Å². The Bertz CT molecular complexity index is 544. The molecule has 0 spiro atoms. The van der Waals surface area contributed by atoms with Gasteiger partial charge in [0.05, 0.1) is 5.75 Å². The van der Waals surface area contributed by atoms with Gasteiger partial charge in [-0.05, 0) is 12.1 Å². The van der Waals surface area contributed by atoms with E-state index in [4.69, 9.17) is 5.11 Å². The number of aromatic nitrogens is 1. The lowest BCUT2D eigenvalue weighted by molar-refractivity contribution is -0.133. The normalized spacial score (nSPS) is 10.6. The Hall–Kier alpha value is -1.62. The van der Waals surface area contributed by atoms with Crippen LogP contribution in [0.3, 0.4) is 0 Å². The predicted molar refractivity (Wildman–Crippen MR) is 60.1 cm³/mol. The van der Waals surface area contributed by atoms with Gasteiger partial charge in [0.15, 0.2) is 0 Å². The number of thioether (sulfide) groups is 1. The van der Waals surface area contributed by atoms with Crippen molar-refractivity contribution in [1.82, 2.24) is 4.98 Å². The number of carboxylic acid groups (broad SMARTS) is 1. The summed E-state index contributed by atoms with van der Waals surface area (Å²) in [5.74, 6) is -1.34. The van der Waals surface area contributed by atoms with E-state index in [2.05, 4.69) is 4.98 Å². The first-order valence-electron chi connectivity index (χ1n) is 4.56. The van der Waals surface area contributed by atoms with Gasteiger partial charge in [-0.25, -0.2) is 4.39 Å². The fourth-order valence-corrected chi connectivity index (χ4v) is 2.14. The number of rotatable bonds is 3. The van der Waals surface area contributed by atoms with E-state index < -0.39 is 11.8 Å². The smallest absolute Gasteiger partial charge is 0.313 e. The molecule has 2 aromatic rings. The number of fused-ring (bicyclic) bond motifs is 1. The van der Waals surface area contributed by atoms with Crippen LogP contribution in [-0.2, 0) is 4.79 Å². The van der Waals surface area contributed by atoms with Crippen LogP contribution < -0.4 is 0 Å². The van der Waals surface area contributed by atoms with E-state index in [1.54, 1.807) is 18.2 Å². The van der Waals surface area contributed by atoms with Crippen LogP contribution in [0.25, 0.3) is 10.9 Å². The number of carboxylic acids is 1. The highest BCUT2D eigenvalue weighted by Crippen LogP contribution is 2.27. The monoisotopic (exact) mass is 237 g/mol. The van der Waals surface area contributed by atoms with Gasteiger partial charge in [0.25, 0.3) is 0 Å². The number of hydrogen-bond donors (Lipinski definition) is 1. The molecule has 2 rings (SSSR count). The lowest BCUT2D eigenvalue weighted by Crippen LogP contribution is -1.97. The van der Waals surface area contributed by atoms with Crippen molar-refractivity contribution in [3.05, 3.63) is 36.3 Å². The Kier molecular flexibility index (Phi) is 3.05. The molecule has 0 atom stereocenters. The van der Waals surface area contributed by atoms with Crippen molar-refractivity contribution in [3.63, 3.8) is 0 Å². The summed E-state index contributed by atoms with van der Waals surface area (Å²) in [7, 11) is 0. The second-order valence-corrected chi connectivity index (χ2v) is 4.14. The van der Waals surface area contributed by atoms with E-state index in [1.807, 2.05) is 0 Å². The summed E-state index contributed by atoms with van der Waals surface area (Å²) in [5, 5.41) is 9.24. The molecule has 1 aromatic carbocycles. The van der Waals surface area contributed by atoms with Gasteiger partial charge in [-0.3, -0.25) is 9.78 Å². The molecule has 1 N–H and O–H groups in total. The second kappa shape index (κ2) is 4.49. The first-order chi connectivity index (χ1) is 7.68. The van der Waals surface area contributed by atoms with Crippen molar-refractivity contribution in [2.24, 2.45) is 0 Å². The van der Waals surface area contributed by atoms with Crippen molar-refractivity contribution >= 4 is 28.6 Å². The van der Waals surface area contributed by atoms with Crippen LogP contribution >= 0.6 is 11.8 Å². The first kappa shape index (κ1) is 10.9. The van der Waals surface area contributed by atoms with Crippen molar-refractivity contribution < 1.29 is 14.3 Å². The summed E-state index contributed by atoms with van der Waals surface area (Å²) in [6.45, 7) is 0. The highest BCUT2D eigenvalue weighted by Gasteiger charge is 2.07. The molecule has 0 aliphatic rings. The minimum Gasteiger partial charge on any atom is -0.481 e. The quantitative estimate of drug-likeness (QED) is 0.833. The summed E-state index contributed by atoms with van der Waals surface area (Å²) in [4.78, 5) is 15.1. The second-order valence-electron chi connectivity index (χ2n) is 3.13. The topological polar surface area (TPSA) is 50.2 Å². The minimum atomic E-state index is -0.897. The largest absolute Gasteiger partial charge is 0.481 e. The van der Waals surface area contributed by atoms with Crippen LogP contribution in [0.15, 0.2) is 35.4 Å². The molecule has 5 heteroatoms. The van der Waals surface area contributed by atoms with Crippen LogP contribution in [0.4, 0.5) is 4.39 Å². The number of aliphatic carboxylic acids is 1. The number of carbonyl (C=O) groups is 1. The molecule has 0 saturated carbocycles. The fourth-order valence-electron chi connectivity index (χ4n) is 1.38. The average molecular weight is 237 g/mol. The molecular weight excluding hydrogens is 229 g/mol. The standard InChI is InChI=1S/C11H8FNO2S/c12-8-3-1-2-7-9(16-6-10(14)15)4-5-13-11(7)8/h1-5H,6H2,(H,14,15). The molecule has 0 amide bonds. The lowest BCUT2D eigenvalue weighted by Gasteiger charge is -2.04. The maximum atomic E-state index is 13.4. The molecule has 1 heterocycles. The van der Waals surface area contributed by atoms with Crippen LogP contribution in [0.1, 0.15) is 0 Å². The molecule has 0 saturated heterocycles. The van der Waals surface area contributed by atoms with Crippen LogP contribution in [-0.4, -0.2) is 21.8 Å². The summed E-state index contributed by atoms with van der Waals surface area (Å²) >= 11 is 1.16. The molecular formula is C11H8FNO2S. The highest BCUT2D eigenvalue weighted by molar-refractivity contribution is 8.00. The number of benzene rings is 1. The zero-order valence-corrected chi connectivity index (χ0v) is 9.00. The number of nitrogens with zero attached hydrogens (tertiary/aromatic N) is 1. The van der Waals surface area contributed by atoms with Gasteiger partial charge in [0.2, 0.25) is 0 Å². The van der Waals surface area contributed by atoms with E-state index >= 15 is 0 Å². The Morgan fingerprint density at radius 1 is 1.44 bits per heavy atom. The van der Waals surface area contributed by atoms with Crippen LogP contribution in [0.2, 0.25) is 0 Å². The molecule has 0 fully saturated rings. The summed E-state index contributed by atoms with van der Waals surface area (Å²) < 4.78 is 13.4. The third-order valence-corrected chi connectivity index (χ3v) is 3.09. The van der Waals surface area contributed by atoms with E-state index in [1.165, 1.54) is 12.3 Å². The Morgan fingerprint density at radius 3 is 3.00 bits per heavy atom. The van der Waals surface area contributed by atoms with E-state index in [-0.39, 0.29) is 11.3 Å². The molecule has 0 aliphatic carbocycles. The maximum Gasteiger partial charge on any atom is 0.313 e. The number of halogens is 1. The maximum absolute atomic E-state index is 13.4. The molecule has 0 bridgehead atoms. The van der Waals surface area contributed by atoms with Crippen molar-refractivity contribution in [2.45, 2.75) is 4.90 Å². The van der Waals surface area contributed by atoms with Gasteiger partial charge >= 0.3 is 5.97 Å². The summed E-state index contributed by atoms with van der Waals surface area (Å²) in [6.07, 6.45) is 1.48. The zero-order valence-electron chi connectivity index (χ0n) is 8.18. The lowest BCUT2D eigenvalue weighted by atomic mass is 10.2. The van der Waals surface area contributed by atoms with E-state index in [0.717, 1.165) is 16.7 Å². The van der Waals surface area contributed by atoms with Gasteiger partial charge in [0, 0.05) is 16.5 Å². The molecule has 3 nitrogen and oxygen atoms in total. The third-order valence-electron chi connectivity index (χ3n) is 2.03. The highest BCUT2D eigenvalue weighted by atomic mass is 32.2. The van der Waals surface area contributed by atoms with Crippen molar-refractivity contribution in [2.75, 3.05) is 5.75 Å². The number of para-hydroxylation sites is 1. The Morgan fingerprint density at radius 2 is 2.25 bits per heavy atom. The van der Waals surface area contributed by atoms with E-state index in [0.29, 0.717) is 5.39 Å². The number of hydrogen-bond acceptors (Lipinski definition) is 3. The van der Waals surface area contributed by atoms with Crippen molar-refractivity contribution in [3.8, 4) is 0 Å². The first-order valence-corrected chi connectivity index (χ1v) is 5.55. The van der Waals surface area contributed by atoms with Crippen LogP contribution in [0.5, 0.6) is 0 Å². The third kappa shape index (κ3) is 2.14. The molecule has 0 aliphatic heterocycles. The average Bonchev–Trinajstić information content (AvgIpc) is 2.27. The fraction of sp³-hybridized carbons (Fsp3) is 0.0909. The van der Waals surface area contributed by atoms with Gasteiger partial charge in [-0.1, -0.05) is 12.1 Å².